The second kappa shape index (κ2) is 5.47. The van der Waals surface area contributed by atoms with Crippen molar-refractivity contribution < 1.29 is 5.11 Å². The minimum Gasteiger partial charge on any atom is -0.396 e. The SMILES string of the molecule is OCCCNc1cccc(Cl)c1Br. The van der Waals surface area contributed by atoms with Crippen molar-refractivity contribution in [3.63, 3.8) is 0 Å². The van der Waals surface area contributed by atoms with Crippen LogP contribution in [0.4, 0.5) is 5.69 Å². The molecule has 0 aliphatic heterocycles. The highest BCUT2D eigenvalue weighted by Crippen LogP contribution is 2.29. The van der Waals surface area contributed by atoms with Gasteiger partial charge in [-0.25, -0.2) is 0 Å². The van der Waals surface area contributed by atoms with Crippen LogP contribution >= 0.6 is 27.5 Å². The minimum absolute atomic E-state index is 0.200. The number of aliphatic hydroxyl groups excluding tert-OH is 1. The number of hydrogen-bond donors (Lipinski definition) is 2. The van der Waals surface area contributed by atoms with Crippen LogP contribution in [0.25, 0.3) is 0 Å². The molecule has 2 nitrogen and oxygen atoms in total. The fraction of sp³-hybridized carbons (Fsp3) is 0.333. The van der Waals surface area contributed by atoms with Gasteiger partial charge >= 0.3 is 0 Å². The van der Waals surface area contributed by atoms with E-state index in [1.165, 1.54) is 0 Å². The normalized spacial score (nSPS) is 10.1. The molecule has 0 atom stereocenters. The van der Waals surface area contributed by atoms with Gasteiger partial charge in [-0.05, 0) is 34.5 Å². The molecule has 0 bridgehead atoms. The van der Waals surface area contributed by atoms with Gasteiger partial charge in [-0.15, -0.1) is 0 Å². The molecule has 13 heavy (non-hydrogen) atoms. The summed E-state index contributed by atoms with van der Waals surface area (Å²) in [7, 11) is 0. The van der Waals surface area contributed by atoms with Crippen molar-refractivity contribution in [1.82, 2.24) is 0 Å². The molecule has 0 heterocycles. The number of rotatable bonds is 4. The Hall–Kier alpha value is -0.250. The molecular formula is C9H11BrClNO. The summed E-state index contributed by atoms with van der Waals surface area (Å²) in [4.78, 5) is 0. The van der Waals surface area contributed by atoms with Crippen molar-refractivity contribution in [1.29, 1.82) is 0 Å². The number of halogens is 2. The Morgan fingerprint density at radius 3 is 2.92 bits per heavy atom. The average molecular weight is 265 g/mol. The molecule has 0 aromatic heterocycles. The Bertz CT molecular complexity index is 280. The van der Waals surface area contributed by atoms with Gasteiger partial charge in [0.1, 0.15) is 0 Å². The molecule has 0 aliphatic rings. The van der Waals surface area contributed by atoms with E-state index in [1.54, 1.807) is 0 Å². The molecule has 4 heteroatoms. The third kappa shape index (κ3) is 3.18. The first-order valence-corrected chi connectivity index (χ1v) is 5.21. The maximum Gasteiger partial charge on any atom is 0.0593 e. The Morgan fingerprint density at radius 2 is 2.23 bits per heavy atom. The van der Waals surface area contributed by atoms with E-state index in [9.17, 15) is 0 Å². The third-order valence-corrected chi connectivity index (χ3v) is 3.00. The van der Waals surface area contributed by atoms with Gasteiger partial charge in [0, 0.05) is 18.8 Å². The Balaban J connectivity index is 2.61. The fourth-order valence-electron chi connectivity index (χ4n) is 0.942. The van der Waals surface area contributed by atoms with Crippen LogP contribution < -0.4 is 5.32 Å². The van der Waals surface area contributed by atoms with E-state index in [2.05, 4.69) is 21.2 Å². The van der Waals surface area contributed by atoms with Crippen LogP contribution in [0.15, 0.2) is 22.7 Å². The Labute approximate surface area is 91.0 Å². The third-order valence-electron chi connectivity index (χ3n) is 1.60. The first-order valence-electron chi connectivity index (χ1n) is 4.04. The molecule has 0 aliphatic carbocycles. The second-order valence-electron chi connectivity index (χ2n) is 2.61. The van der Waals surface area contributed by atoms with Gasteiger partial charge in [0.15, 0.2) is 0 Å². The van der Waals surface area contributed by atoms with Crippen LogP contribution in [-0.2, 0) is 0 Å². The lowest BCUT2D eigenvalue weighted by atomic mass is 10.3. The first kappa shape index (κ1) is 10.8. The number of nitrogens with one attached hydrogen (secondary N) is 1. The van der Waals surface area contributed by atoms with Gasteiger partial charge in [-0.2, -0.15) is 0 Å². The molecule has 0 unspecified atom stereocenters. The minimum atomic E-state index is 0.200. The highest BCUT2D eigenvalue weighted by molar-refractivity contribution is 9.10. The van der Waals surface area contributed by atoms with Gasteiger partial charge < -0.3 is 10.4 Å². The molecule has 2 N–H and O–H groups in total. The zero-order chi connectivity index (χ0) is 9.68. The summed E-state index contributed by atoms with van der Waals surface area (Å²) in [5, 5.41) is 12.4. The molecule has 0 spiro atoms. The van der Waals surface area contributed by atoms with E-state index in [4.69, 9.17) is 16.7 Å². The second-order valence-corrected chi connectivity index (χ2v) is 3.81. The van der Waals surface area contributed by atoms with Crippen molar-refractivity contribution in [3.8, 4) is 0 Å². The predicted molar refractivity (Wildman–Crippen MR) is 59.3 cm³/mol. The number of hydrogen-bond acceptors (Lipinski definition) is 2. The molecule has 0 radical (unpaired) electrons. The molecule has 0 saturated heterocycles. The molecule has 0 amide bonds. The Kier molecular flexibility index (Phi) is 4.56. The van der Waals surface area contributed by atoms with Crippen molar-refractivity contribution in [3.05, 3.63) is 27.7 Å². The monoisotopic (exact) mass is 263 g/mol. The van der Waals surface area contributed by atoms with Gasteiger partial charge in [0.25, 0.3) is 0 Å². The van der Waals surface area contributed by atoms with Crippen LogP contribution in [0.3, 0.4) is 0 Å². The molecule has 1 rings (SSSR count). The summed E-state index contributed by atoms with van der Waals surface area (Å²) in [5.74, 6) is 0. The summed E-state index contributed by atoms with van der Waals surface area (Å²) < 4.78 is 0.870. The van der Waals surface area contributed by atoms with Crippen molar-refractivity contribution >= 4 is 33.2 Å². The Morgan fingerprint density at radius 1 is 1.46 bits per heavy atom. The first-order chi connectivity index (χ1) is 6.25. The van der Waals surface area contributed by atoms with Gasteiger partial charge in [0.05, 0.1) is 9.50 Å². The molecule has 0 saturated carbocycles. The van der Waals surface area contributed by atoms with Crippen LogP contribution in [0.1, 0.15) is 6.42 Å². The summed E-state index contributed by atoms with van der Waals surface area (Å²) in [5.41, 5.74) is 0.959. The van der Waals surface area contributed by atoms with E-state index in [-0.39, 0.29) is 6.61 Å². The largest absolute Gasteiger partial charge is 0.396 e. The molecule has 1 aromatic rings. The van der Waals surface area contributed by atoms with Gasteiger partial charge in [-0.3, -0.25) is 0 Å². The van der Waals surface area contributed by atoms with Crippen molar-refractivity contribution in [2.45, 2.75) is 6.42 Å². The number of benzene rings is 1. The van der Waals surface area contributed by atoms with E-state index < -0.39 is 0 Å². The maximum atomic E-state index is 8.59. The van der Waals surface area contributed by atoms with Crippen molar-refractivity contribution in [2.24, 2.45) is 0 Å². The summed E-state index contributed by atoms with van der Waals surface area (Å²) in [6, 6.07) is 5.64. The van der Waals surface area contributed by atoms with Gasteiger partial charge in [0.2, 0.25) is 0 Å². The topological polar surface area (TPSA) is 32.3 Å². The van der Waals surface area contributed by atoms with E-state index >= 15 is 0 Å². The van der Waals surface area contributed by atoms with Crippen LogP contribution in [0.5, 0.6) is 0 Å². The zero-order valence-electron chi connectivity index (χ0n) is 7.06. The predicted octanol–water partition coefficient (Wildman–Crippen LogP) is 2.90. The number of anilines is 1. The lowest BCUT2D eigenvalue weighted by Gasteiger charge is -2.08. The summed E-state index contributed by atoms with van der Waals surface area (Å²) in [6.45, 7) is 0.945. The highest BCUT2D eigenvalue weighted by Gasteiger charge is 2.01. The highest BCUT2D eigenvalue weighted by atomic mass is 79.9. The van der Waals surface area contributed by atoms with E-state index in [1.807, 2.05) is 18.2 Å². The van der Waals surface area contributed by atoms with Crippen LogP contribution in [0.2, 0.25) is 5.02 Å². The fourth-order valence-corrected chi connectivity index (χ4v) is 1.52. The quantitative estimate of drug-likeness (QED) is 0.820. The van der Waals surface area contributed by atoms with E-state index in [0.717, 1.165) is 23.1 Å². The smallest absolute Gasteiger partial charge is 0.0593 e. The lowest BCUT2D eigenvalue weighted by Crippen LogP contribution is -2.03. The molecule has 1 aromatic carbocycles. The standard InChI is InChI=1S/C9H11BrClNO/c10-9-7(11)3-1-4-8(9)12-5-2-6-13/h1,3-4,12-13H,2,5-6H2. The molecule has 72 valence electrons. The summed E-state index contributed by atoms with van der Waals surface area (Å²) >= 11 is 9.27. The molecule has 0 fully saturated rings. The van der Waals surface area contributed by atoms with Crippen molar-refractivity contribution in [2.75, 3.05) is 18.5 Å². The lowest BCUT2D eigenvalue weighted by molar-refractivity contribution is 0.292. The average Bonchev–Trinajstić information content (AvgIpc) is 2.13. The summed E-state index contributed by atoms with van der Waals surface area (Å²) in [6.07, 6.45) is 0.735. The maximum absolute atomic E-state index is 8.59. The van der Waals surface area contributed by atoms with E-state index in [0.29, 0.717) is 5.02 Å². The van der Waals surface area contributed by atoms with Gasteiger partial charge in [-0.1, -0.05) is 17.7 Å². The zero-order valence-corrected chi connectivity index (χ0v) is 9.40. The number of aliphatic hydroxyl groups is 1. The molecular weight excluding hydrogens is 253 g/mol. The van der Waals surface area contributed by atoms with Crippen LogP contribution in [-0.4, -0.2) is 18.3 Å². The van der Waals surface area contributed by atoms with Crippen LogP contribution in [0, 0.1) is 0 Å².